The molecule has 0 bridgehead atoms. The van der Waals surface area contributed by atoms with Crippen LogP contribution in [-0.2, 0) is 11.3 Å². The number of fused-ring (bicyclic) bond motifs is 1. The van der Waals surface area contributed by atoms with Gasteiger partial charge in [0.05, 0.1) is 0 Å². The normalized spacial score (nSPS) is 12.6. The fourth-order valence-corrected chi connectivity index (χ4v) is 1.61. The molecule has 0 saturated carbocycles. The molecule has 1 atom stereocenters. The van der Waals surface area contributed by atoms with Gasteiger partial charge in [0.1, 0.15) is 6.10 Å². The summed E-state index contributed by atoms with van der Waals surface area (Å²) < 4.78 is 0. The van der Waals surface area contributed by atoms with E-state index in [-0.39, 0.29) is 5.91 Å². The molecule has 2 rings (SSSR count). The van der Waals surface area contributed by atoms with Crippen molar-refractivity contribution >= 4 is 16.8 Å². The smallest absolute Gasteiger partial charge is 0.248 e. The Hall–Kier alpha value is -1.81. The minimum Gasteiger partial charge on any atom is -0.384 e. The second kappa shape index (κ2) is 4.37. The van der Waals surface area contributed by atoms with Crippen LogP contribution < -0.4 is 5.32 Å². The molecule has 3 N–H and O–H groups in total. The maximum atomic E-state index is 11.2. The zero-order valence-electron chi connectivity index (χ0n) is 9.03. The molecule has 0 fully saturated rings. The summed E-state index contributed by atoms with van der Waals surface area (Å²) in [5, 5.41) is 12.8. The first kappa shape index (κ1) is 10.7. The van der Waals surface area contributed by atoms with E-state index in [9.17, 15) is 4.79 Å². The van der Waals surface area contributed by atoms with Gasteiger partial charge in [-0.25, -0.2) is 0 Å². The van der Waals surface area contributed by atoms with Crippen molar-refractivity contribution in [2.45, 2.75) is 19.6 Å². The summed E-state index contributed by atoms with van der Waals surface area (Å²) in [6.07, 6.45) is 0.901. The first-order valence-corrected chi connectivity index (χ1v) is 5.19. The molecule has 0 saturated heterocycles. The minimum absolute atomic E-state index is 0.356. The average Bonchev–Trinajstić information content (AvgIpc) is 2.69. The van der Waals surface area contributed by atoms with E-state index in [4.69, 9.17) is 5.11 Å². The van der Waals surface area contributed by atoms with Crippen LogP contribution in [0.15, 0.2) is 30.5 Å². The summed E-state index contributed by atoms with van der Waals surface area (Å²) in [5.41, 5.74) is 2.06. The fourth-order valence-electron chi connectivity index (χ4n) is 1.61. The molecule has 1 heterocycles. The first-order chi connectivity index (χ1) is 7.68. The van der Waals surface area contributed by atoms with Gasteiger partial charge in [-0.2, -0.15) is 0 Å². The highest BCUT2D eigenvalue weighted by Crippen LogP contribution is 2.17. The highest BCUT2D eigenvalue weighted by molar-refractivity contribution is 5.84. The molecule has 84 valence electrons. The van der Waals surface area contributed by atoms with Crippen molar-refractivity contribution in [2.24, 2.45) is 0 Å². The Kier molecular flexibility index (Phi) is 2.92. The maximum absolute atomic E-state index is 11.2. The number of carbonyl (C=O) groups excluding carboxylic acids is 1. The van der Waals surface area contributed by atoms with Crippen molar-refractivity contribution < 1.29 is 9.90 Å². The molecule has 1 aromatic heterocycles. The number of amides is 1. The summed E-state index contributed by atoms with van der Waals surface area (Å²) in [6, 6.07) is 7.89. The quantitative estimate of drug-likeness (QED) is 0.724. The van der Waals surface area contributed by atoms with E-state index in [2.05, 4.69) is 10.3 Å². The van der Waals surface area contributed by atoms with Crippen molar-refractivity contribution in [2.75, 3.05) is 0 Å². The number of carbonyl (C=O) groups is 1. The largest absolute Gasteiger partial charge is 0.384 e. The Morgan fingerprint density at radius 2 is 2.25 bits per heavy atom. The van der Waals surface area contributed by atoms with E-state index in [0.717, 1.165) is 16.5 Å². The van der Waals surface area contributed by atoms with Crippen LogP contribution in [0.4, 0.5) is 0 Å². The standard InChI is InChI=1S/C12H14N2O2/c1-8(15)12(16)14-7-9-6-13-11-5-3-2-4-10(9)11/h2-6,8,13,15H,7H2,1H3,(H,14,16). The number of nitrogens with one attached hydrogen (secondary N) is 2. The summed E-state index contributed by atoms with van der Waals surface area (Å²) in [4.78, 5) is 14.3. The molecule has 1 aromatic carbocycles. The number of aliphatic hydroxyl groups excluding tert-OH is 1. The molecule has 0 spiro atoms. The van der Waals surface area contributed by atoms with Crippen LogP contribution in [-0.4, -0.2) is 22.1 Å². The highest BCUT2D eigenvalue weighted by Gasteiger charge is 2.09. The van der Waals surface area contributed by atoms with E-state index < -0.39 is 6.10 Å². The van der Waals surface area contributed by atoms with Crippen molar-refractivity contribution in [3.63, 3.8) is 0 Å². The number of benzene rings is 1. The summed E-state index contributed by atoms with van der Waals surface area (Å²) in [5.74, 6) is -0.356. The van der Waals surface area contributed by atoms with Crippen LogP contribution in [0.5, 0.6) is 0 Å². The molecule has 16 heavy (non-hydrogen) atoms. The van der Waals surface area contributed by atoms with Gasteiger partial charge in [-0.05, 0) is 18.6 Å². The van der Waals surface area contributed by atoms with Crippen molar-refractivity contribution in [1.29, 1.82) is 0 Å². The fraction of sp³-hybridized carbons (Fsp3) is 0.250. The monoisotopic (exact) mass is 218 g/mol. The topological polar surface area (TPSA) is 65.1 Å². The van der Waals surface area contributed by atoms with E-state index >= 15 is 0 Å². The third kappa shape index (κ3) is 2.06. The molecule has 4 nitrogen and oxygen atoms in total. The van der Waals surface area contributed by atoms with Gasteiger partial charge in [-0.15, -0.1) is 0 Å². The number of aromatic amines is 1. The van der Waals surface area contributed by atoms with Crippen LogP contribution in [0, 0.1) is 0 Å². The number of hydrogen-bond acceptors (Lipinski definition) is 2. The number of H-pyrrole nitrogens is 1. The minimum atomic E-state index is -0.967. The highest BCUT2D eigenvalue weighted by atomic mass is 16.3. The van der Waals surface area contributed by atoms with Gasteiger partial charge < -0.3 is 15.4 Å². The Labute approximate surface area is 93.3 Å². The molecular formula is C12H14N2O2. The zero-order chi connectivity index (χ0) is 11.5. The lowest BCUT2D eigenvalue weighted by Crippen LogP contribution is -2.31. The molecule has 0 aliphatic carbocycles. The molecule has 0 aliphatic heterocycles. The van der Waals surface area contributed by atoms with Crippen LogP contribution in [0.25, 0.3) is 10.9 Å². The average molecular weight is 218 g/mol. The third-order valence-electron chi connectivity index (χ3n) is 2.51. The molecular weight excluding hydrogens is 204 g/mol. The summed E-state index contributed by atoms with van der Waals surface area (Å²) >= 11 is 0. The van der Waals surface area contributed by atoms with Crippen molar-refractivity contribution in [3.05, 3.63) is 36.0 Å². The lowest BCUT2D eigenvalue weighted by Gasteiger charge is -2.05. The predicted octanol–water partition coefficient (Wildman–Crippen LogP) is 1.16. The van der Waals surface area contributed by atoms with Gasteiger partial charge in [0, 0.05) is 23.6 Å². The van der Waals surface area contributed by atoms with Crippen LogP contribution in [0.3, 0.4) is 0 Å². The molecule has 2 aromatic rings. The third-order valence-corrected chi connectivity index (χ3v) is 2.51. The van der Waals surface area contributed by atoms with Crippen LogP contribution >= 0.6 is 0 Å². The summed E-state index contributed by atoms with van der Waals surface area (Å²) in [7, 11) is 0. The number of para-hydroxylation sites is 1. The number of hydrogen-bond donors (Lipinski definition) is 3. The van der Waals surface area contributed by atoms with Gasteiger partial charge >= 0.3 is 0 Å². The van der Waals surface area contributed by atoms with Gasteiger partial charge in [0.15, 0.2) is 0 Å². The lowest BCUT2D eigenvalue weighted by molar-refractivity contribution is -0.128. The zero-order valence-corrected chi connectivity index (χ0v) is 9.03. The first-order valence-electron chi connectivity index (χ1n) is 5.19. The predicted molar refractivity (Wildman–Crippen MR) is 61.8 cm³/mol. The second-order valence-electron chi connectivity index (χ2n) is 3.75. The van der Waals surface area contributed by atoms with Gasteiger partial charge in [0.25, 0.3) is 0 Å². The van der Waals surface area contributed by atoms with Gasteiger partial charge in [0.2, 0.25) is 5.91 Å². The molecule has 4 heteroatoms. The Morgan fingerprint density at radius 3 is 3.00 bits per heavy atom. The SMILES string of the molecule is CC(O)C(=O)NCc1c[nH]c2ccccc12. The number of rotatable bonds is 3. The number of aromatic nitrogens is 1. The molecule has 0 aliphatic rings. The molecule has 0 radical (unpaired) electrons. The molecule has 1 unspecified atom stereocenters. The lowest BCUT2D eigenvalue weighted by atomic mass is 10.2. The van der Waals surface area contributed by atoms with E-state index in [1.807, 2.05) is 30.5 Å². The number of aliphatic hydroxyl groups is 1. The van der Waals surface area contributed by atoms with E-state index in [0.29, 0.717) is 6.54 Å². The van der Waals surface area contributed by atoms with Crippen LogP contribution in [0.2, 0.25) is 0 Å². The van der Waals surface area contributed by atoms with E-state index in [1.54, 1.807) is 0 Å². The van der Waals surface area contributed by atoms with E-state index in [1.165, 1.54) is 6.92 Å². The van der Waals surface area contributed by atoms with Crippen molar-refractivity contribution in [3.8, 4) is 0 Å². The molecule has 1 amide bonds. The van der Waals surface area contributed by atoms with Crippen molar-refractivity contribution in [1.82, 2.24) is 10.3 Å². The summed E-state index contributed by atoms with van der Waals surface area (Å²) in [6.45, 7) is 1.87. The maximum Gasteiger partial charge on any atom is 0.248 e. The second-order valence-corrected chi connectivity index (χ2v) is 3.75. The Balaban J connectivity index is 2.13. The van der Waals surface area contributed by atoms with Gasteiger partial charge in [-0.3, -0.25) is 4.79 Å². The Bertz CT molecular complexity index is 502. The van der Waals surface area contributed by atoms with Gasteiger partial charge in [-0.1, -0.05) is 18.2 Å². The van der Waals surface area contributed by atoms with Crippen LogP contribution in [0.1, 0.15) is 12.5 Å². The Morgan fingerprint density at radius 1 is 1.50 bits per heavy atom.